The summed E-state index contributed by atoms with van der Waals surface area (Å²) in [5.41, 5.74) is 1.66. The minimum Gasteiger partial charge on any atom is -0.318 e. The Bertz CT molecular complexity index is 862. The van der Waals surface area contributed by atoms with Crippen molar-refractivity contribution in [3.63, 3.8) is 0 Å². The molecule has 3 rings (SSSR count). The van der Waals surface area contributed by atoms with Crippen molar-refractivity contribution in [3.8, 4) is 0 Å². The zero-order chi connectivity index (χ0) is 16.4. The highest BCUT2D eigenvalue weighted by Crippen LogP contribution is 2.19. The van der Waals surface area contributed by atoms with E-state index >= 15 is 0 Å². The second kappa shape index (κ2) is 6.67. The molecule has 0 aliphatic carbocycles. The number of nitrogens with zero attached hydrogens (tertiary/aromatic N) is 3. The Morgan fingerprint density at radius 3 is 2.96 bits per heavy atom. The third kappa shape index (κ3) is 3.70. The highest BCUT2D eigenvalue weighted by molar-refractivity contribution is 14.1. The fourth-order valence-electron chi connectivity index (χ4n) is 1.96. The molecule has 0 fully saturated rings. The van der Waals surface area contributed by atoms with Crippen molar-refractivity contribution < 1.29 is 9.18 Å². The summed E-state index contributed by atoms with van der Waals surface area (Å²) in [7, 11) is 0. The van der Waals surface area contributed by atoms with E-state index in [0.29, 0.717) is 22.9 Å². The highest BCUT2D eigenvalue weighted by atomic mass is 127. The van der Waals surface area contributed by atoms with Crippen LogP contribution in [0.1, 0.15) is 16.1 Å². The maximum atomic E-state index is 13.0. The molecule has 2 N–H and O–H groups in total. The molecule has 0 bridgehead atoms. The van der Waals surface area contributed by atoms with E-state index in [4.69, 9.17) is 11.6 Å². The van der Waals surface area contributed by atoms with Crippen LogP contribution >= 0.6 is 34.2 Å². The van der Waals surface area contributed by atoms with Gasteiger partial charge in [-0.05, 0) is 40.3 Å². The van der Waals surface area contributed by atoms with Crippen LogP contribution in [0.15, 0.2) is 36.8 Å². The SMILES string of the molecule is O=C(Nc1cnn(Cc2ccc(F)cc2Cl)c1)c1[nH]ncc1I. The second-order valence-corrected chi connectivity index (χ2v) is 6.28. The number of hydrogen-bond acceptors (Lipinski definition) is 3. The molecule has 0 aliphatic rings. The number of halogens is 3. The molecule has 0 radical (unpaired) electrons. The van der Waals surface area contributed by atoms with Crippen molar-refractivity contribution in [2.24, 2.45) is 0 Å². The van der Waals surface area contributed by atoms with E-state index in [0.717, 1.165) is 9.13 Å². The maximum absolute atomic E-state index is 13.0. The Kier molecular flexibility index (Phi) is 4.62. The first-order chi connectivity index (χ1) is 11.0. The smallest absolute Gasteiger partial charge is 0.274 e. The minimum atomic E-state index is -0.388. The topological polar surface area (TPSA) is 75.6 Å². The third-order valence-electron chi connectivity index (χ3n) is 3.06. The summed E-state index contributed by atoms with van der Waals surface area (Å²) in [5.74, 6) is -0.687. The summed E-state index contributed by atoms with van der Waals surface area (Å²) >= 11 is 8.01. The average molecular weight is 446 g/mol. The second-order valence-electron chi connectivity index (χ2n) is 4.71. The molecule has 6 nitrogen and oxygen atoms in total. The van der Waals surface area contributed by atoms with Crippen LogP contribution in [0, 0.1) is 9.39 Å². The van der Waals surface area contributed by atoms with Crippen LogP contribution in [0.5, 0.6) is 0 Å². The van der Waals surface area contributed by atoms with Crippen LogP contribution in [-0.4, -0.2) is 25.9 Å². The predicted molar refractivity (Wildman–Crippen MR) is 92.0 cm³/mol. The van der Waals surface area contributed by atoms with E-state index in [-0.39, 0.29) is 11.7 Å². The van der Waals surface area contributed by atoms with Crippen molar-refractivity contribution in [2.75, 3.05) is 5.32 Å². The van der Waals surface area contributed by atoms with Gasteiger partial charge in [0.15, 0.2) is 0 Å². The van der Waals surface area contributed by atoms with Crippen LogP contribution < -0.4 is 5.32 Å². The van der Waals surface area contributed by atoms with Crippen molar-refractivity contribution in [2.45, 2.75) is 6.54 Å². The molecule has 1 aromatic carbocycles. The van der Waals surface area contributed by atoms with Gasteiger partial charge >= 0.3 is 0 Å². The highest BCUT2D eigenvalue weighted by Gasteiger charge is 2.13. The molecule has 3 aromatic rings. The Hall–Kier alpha value is -1.94. The zero-order valence-electron chi connectivity index (χ0n) is 11.6. The van der Waals surface area contributed by atoms with E-state index in [2.05, 4.69) is 20.6 Å². The van der Waals surface area contributed by atoms with Gasteiger partial charge < -0.3 is 5.32 Å². The number of aromatic nitrogens is 4. The van der Waals surface area contributed by atoms with Gasteiger partial charge in [-0.25, -0.2) is 4.39 Å². The summed E-state index contributed by atoms with van der Waals surface area (Å²) in [6.07, 6.45) is 4.76. The van der Waals surface area contributed by atoms with Gasteiger partial charge in [0.2, 0.25) is 0 Å². The molecule has 23 heavy (non-hydrogen) atoms. The third-order valence-corrected chi connectivity index (χ3v) is 4.23. The van der Waals surface area contributed by atoms with Crippen LogP contribution in [0.2, 0.25) is 5.02 Å². The molecule has 0 unspecified atom stereocenters. The largest absolute Gasteiger partial charge is 0.318 e. The summed E-state index contributed by atoms with van der Waals surface area (Å²) in [4.78, 5) is 12.1. The normalized spacial score (nSPS) is 10.7. The van der Waals surface area contributed by atoms with E-state index in [1.165, 1.54) is 18.3 Å². The van der Waals surface area contributed by atoms with Crippen molar-refractivity contribution in [1.82, 2.24) is 20.0 Å². The fraction of sp³-hybridized carbons (Fsp3) is 0.0714. The van der Waals surface area contributed by atoms with Crippen LogP contribution in [0.3, 0.4) is 0 Å². The van der Waals surface area contributed by atoms with Crippen LogP contribution in [0.4, 0.5) is 10.1 Å². The monoisotopic (exact) mass is 445 g/mol. The Morgan fingerprint density at radius 2 is 2.26 bits per heavy atom. The molecule has 2 heterocycles. The molecule has 1 amide bonds. The number of benzene rings is 1. The number of rotatable bonds is 4. The molecule has 0 spiro atoms. The lowest BCUT2D eigenvalue weighted by Crippen LogP contribution is -2.13. The summed E-state index contributed by atoms with van der Waals surface area (Å²) < 4.78 is 15.4. The van der Waals surface area contributed by atoms with E-state index in [1.54, 1.807) is 23.1 Å². The van der Waals surface area contributed by atoms with Crippen molar-refractivity contribution in [1.29, 1.82) is 0 Å². The van der Waals surface area contributed by atoms with Crippen LogP contribution in [0.25, 0.3) is 0 Å². The molecule has 9 heteroatoms. The lowest BCUT2D eigenvalue weighted by Gasteiger charge is -2.04. The molecule has 0 saturated carbocycles. The van der Waals surface area contributed by atoms with Crippen LogP contribution in [-0.2, 0) is 6.54 Å². The van der Waals surface area contributed by atoms with Gasteiger partial charge in [-0.3, -0.25) is 14.6 Å². The van der Waals surface area contributed by atoms with Gasteiger partial charge in [-0.15, -0.1) is 0 Å². The lowest BCUT2D eigenvalue weighted by atomic mass is 10.2. The molecule has 0 aliphatic heterocycles. The average Bonchev–Trinajstić information content (AvgIpc) is 3.11. The number of aromatic amines is 1. The van der Waals surface area contributed by atoms with Gasteiger partial charge in [0, 0.05) is 11.2 Å². The van der Waals surface area contributed by atoms with Crippen molar-refractivity contribution >= 4 is 45.8 Å². The summed E-state index contributed by atoms with van der Waals surface area (Å²) in [5, 5.41) is 13.6. The molecule has 2 aromatic heterocycles. The molecular formula is C14H10ClFIN5O. The standard InChI is InChI=1S/C14H10ClFIN5O/c15-11-3-9(16)2-1-8(11)6-22-7-10(4-19-22)20-14(23)13-12(17)5-18-21-13/h1-5,7H,6H2,(H,18,21)(H,20,23). The zero-order valence-corrected chi connectivity index (χ0v) is 14.5. The lowest BCUT2D eigenvalue weighted by molar-refractivity contribution is 0.102. The summed E-state index contributed by atoms with van der Waals surface area (Å²) in [6.45, 7) is 0.372. The van der Waals surface area contributed by atoms with Gasteiger partial charge in [0.1, 0.15) is 11.5 Å². The van der Waals surface area contributed by atoms with Gasteiger partial charge in [-0.1, -0.05) is 17.7 Å². The van der Waals surface area contributed by atoms with E-state index in [9.17, 15) is 9.18 Å². The number of nitrogens with one attached hydrogen (secondary N) is 2. The Labute approximate surface area is 149 Å². The fourth-order valence-corrected chi connectivity index (χ4v) is 2.70. The first-order valence-corrected chi connectivity index (χ1v) is 7.95. The molecule has 0 atom stereocenters. The number of carbonyl (C=O) groups excluding carboxylic acids is 1. The van der Waals surface area contributed by atoms with Gasteiger partial charge in [-0.2, -0.15) is 10.2 Å². The Balaban J connectivity index is 1.71. The van der Waals surface area contributed by atoms with E-state index < -0.39 is 0 Å². The minimum absolute atomic E-state index is 0.300. The molecule has 118 valence electrons. The molecular weight excluding hydrogens is 436 g/mol. The predicted octanol–water partition coefficient (Wildman–Crippen LogP) is 3.30. The van der Waals surface area contributed by atoms with Gasteiger partial charge in [0.25, 0.3) is 5.91 Å². The number of amides is 1. The Morgan fingerprint density at radius 1 is 1.43 bits per heavy atom. The maximum Gasteiger partial charge on any atom is 0.274 e. The molecule has 0 saturated heterocycles. The quantitative estimate of drug-likeness (QED) is 0.605. The number of carbonyl (C=O) groups is 1. The first-order valence-electron chi connectivity index (χ1n) is 6.49. The van der Waals surface area contributed by atoms with Crippen molar-refractivity contribution in [3.05, 3.63) is 62.5 Å². The number of H-pyrrole nitrogens is 1. The summed E-state index contributed by atoms with van der Waals surface area (Å²) in [6, 6.07) is 4.20. The van der Waals surface area contributed by atoms with E-state index in [1.807, 2.05) is 22.6 Å². The van der Waals surface area contributed by atoms with Gasteiger partial charge in [0.05, 0.1) is 28.2 Å². The first kappa shape index (κ1) is 15.9. The number of hydrogen-bond donors (Lipinski definition) is 2. The number of anilines is 1.